The largest absolute Gasteiger partial charge is 0.493 e. The highest BCUT2D eigenvalue weighted by Gasteiger charge is 2.40. The molecule has 1 heterocycles. The van der Waals surface area contributed by atoms with Gasteiger partial charge in [0.25, 0.3) is 0 Å². The van der Waals surface area contributed by atoms with Gasteiger partial charge < -0.3 is 9.57 Å². The van der Waals surface area contributed by atoms with Gasteiger partial charge in [-0.3, -0.25) is 0 Å². The maximum absolute atomic E-state index is 15.7. The number of rotatable bonds is 4. The first-order chi connectivity index (χ1) is 12.2. The van der Waals surface area contributed by atoms with E-state index < -0.39 is 5.79 Å². The van der Waals surface area contributed by atoms with Crippen LogP contribution in [0.1, 0.15) is 44.1 Å². The molecule has 2 aromatic rings. The van der Waals surface area contributed by atoms with Gasteiger partial charge in [0.05, 0.1) is 12.3 Å². The van der Waals surface area contributed by atoms with Crippen LogP contribution < -0.4 is 14.6 Å². The van der Waals surface area contributed by atoms with E-state index in [9.17, 15) is 0 Å². The third-order valence-corrected chi connectivity index (χ3v) is 5.05. The number of ether oxygens (including phenoxy) is 1. The van der Waals surface area contributed by atoms with Crippen LogP contribution in [-0.2, 0) is 6.42 Å². The number of hydrogen-bond acceptors (Lipinski definition) is 3. The second-order valence-corrected chi connectivity index (χ2v) is 6.92. The van der Waals surface area contributed by atoms with Crippen LogP contribution >= 0.6 is 0 Å². The monoisotopic (exact) mass is 341 g/mol. The predicted molar refractivity (Wildman–Crippen MR) is 96.7 cm³/mol. The van der Waals surface area contributed by atoms with Gasteiger partial charge in [0.15, 0.2) is 5.75 Å². The Kier molecular flexibility index (Phi) is 4.51. The molecule has 1 saturated carbocycles. The number of para-hydroxylation sites is 1. The van der Waals surface area contributed by atoms with Crippen molar-refractivity contribution in [3.8, 4) is 11.5 Å². The molecular formula is C21H24FNO2. The minimum Gasteiger partial charge on any atom is -0.493 e. The molecule has 0 amide bonds. The van der Waals surface area contributed by atoms with Crippen molar-refractivity contribution in [2.24, 2.45) is 0 Å². The van der Waals surface area contributed by atoms with Crippen LogP contribution in [-0.4, -0.2) is 12.4 Å². The highest BCUT2D eigenvalue weighted by atomic mass is 19.1. The van der Waals surface area contributed by atoms with Gasteiger partial charge in [0.1, 0.15) is 5.75 Å². The molecule has 4 rings (SSSR count). The van der Waals surface area contributed by atoms with E-state index in [2.05, 4.69) is 0 Å². The molecule has 25 heavy (non-hydrogen) atoms. The van der Waals surface area contributed by atoms with Crippen molar-refractivity contribution in [2.75, 3.05) is 11.7 Å². The van der Waals surface area contributed by atoms with Crippen molar-refractivity contribution in [1.29, 1.82) is 0 Å². The fourth-order valence-electron chi connectivity index (χ4n) is 3.72. The molecule has 1 aliphatic carbocycles. The smallest absolute Gasteiger partial charge is 0.215 e. The number of fused-ring (bicyclic) bond motifs is 1. The number of halogens is 1. The molecule has 1 aliphatic heterocycles. The molecular weight excluding hydrogens is 317 g/mol. The average molecular weight is 341 g/mol. The first kappa shape index (κ1) is 16.2. The Hall–Kier alpha value is -2.23. The maximum atomic E-state index is 15.7. The fraction of sp³-hybridized carbons (Fsp3) is 0.429. The Morgan fingerprint density at radius 3 is 2.56 bits per heavy atom. The molecule has 2 aliphatic rings. The average Bonchev–Trinajstić information content (AvgIpc) is 2.67. The highest BCUT2D eigenvalue weighted by Crippen LogP contribution is 2.39. The first-order valence-electron chi connectivity index (χ1n) is 9.23. The fourth-order valence-corrected chi connectivity index (χ4v) is 3.72. The van der Waals surface area contributed by atoms with E-state index >= 15 is 4.39 Å². The lowest BCUT2D eigenvalue weighted by molar-refractivity contribution is 0.0217. The molecule has 1 fully saturated rings. The van der Waals surface area contributed by atoms with Crippen molar-refractivity contribution in [2.45, 2.75) is 50.7 Å². The summed E-state index contributed by atoms with van der Waals surface area (Å²) in [5.74, 6) is 0.111. The van der Waals surface area contributed by atoms with Gasteiger partial charge >= 0.3 is 0 Å². The van der Waals surface area contributed by atoms with Crippen LogP contribution in [0.5, 0.6) is 11.5 Å². The maximum Gasteiger partial charge on any atom is 0.215 e. The van der Waals surface area contributed by atoms with Gasteiger partial charge in [-0.15, -0.1) is 0 Å². The molecule has 0 unspecified atom stereocenters. The zero-order valence-corrected chi connectivity index (χ0v) is 14.4. The van der Waals surface area contributed by atoms with Crippen LogP contribution in [0.15, 0.2) is 48.5 Å². The number of benzene rings is 2. The van der Waals surface area contributed by atoms with Crippen LogP contribution in [0.2, 0.25) is 0 Å². The van der Waals surface area contributed by atoms with Gasteiger partial charge in [0.2, 0.25) is 5.79 Å². The standard InChI is InChI=1S/C21H24FNO2/c22-21(13-5-2-6-14-21)23(18-9-3-1-4-10-18)25-19-11-12-20-17(16-19)8-7-15-24-20/h1,3-4,9-12,16H,2,5-8,13-15H2. The molecule has 0 aromatic heterocycles. The predicted octanol–water partition coefficient (Wildman–Crippen LogP) is 5.44. The Labute approximate surface area is 148 Å². The van der Waals surface area contributed by atoms with Crippen molar-refractivity contribution in [1.82, 2.24) is 0 Å². The number of aryl methyl sites for hydroxylation is 1. The summed E-state index contributed by atoms with van der Waals surface area (Å²) < 4.78 is 21.4. The van der Waals surface area contributed by atoms with Crippen molar-refractivity contribution >= 4 is 5.69 Å². The summed E-state index contributed by atoms with van der Waals surface area (Å²) in [4.78, 5) is 6.11. The van der Waals surface area contributed by atoms with Crippen molar-refractivity contribution < 1.29 is 14.0 Å². The van der Waals surface area contributed by atoms with E-state index in [-0.39, 0.29) is 0 Å². The van der Waals surface area contributed by atoms with Crippen LogP contribution in [0.4, 0.5) is 10.1 Å². The molecule has 2 aromatic carbocycles. The zero-order chi connectivity index (χ0) is 17.1. The number of alkyl halides is 1. The molecule has 0 saturated heterocycles. The Balaban J connectivity index is 1.64. The SMILES string of the molecule is FC1(N(Oc2ccc3c(c2)CCCO3)c2ccccc2)CCCCC1. The van der Waals surface area contributed by atoms with Gasteiger partial charge in [-0.2, -0.15) is 5.06 Å². The quantitative estimate of drug-likeness (QED) is 0.546. The van der Waals surface area contributed by atoms with E-state index in [1.807, 2.05) is 48.5 Å². The summed E-state index contributed by atoms with van der Waals surface area (Å²) in [6, 6.07) is 15.3. The first-order valence-corrected chi connectivity index (χ1v) is 9.23. The van der Waals surface area contributed by atoms with Gasteiger partial charge in [-0.1, -0.05) is 24.6 Å². The molecule has 0 N–H and O–H groups in total. The van der Waals surface area contributed by atoms with E-state index in [4.69, 9.17) is 9.57 Å². The summed E-state index contributed by atoms with van der Waals surface area (Å²) in [5.41, 5.74) is 1.88. The van der Waals surface area contributed by atoms with Crippen molar-refractivity contribution in [3.05, 3.63) is 54.1 Å². The summed E-state index contributed by atoms with van der Waals surface area (Å²) in [7, 11) is 0. The Bertz CT molecular complexity index is 713. The zero-order valence-electron chi connectivity index (χ0n) is 14.4. The summed E-state index contributed by atoms with van der Waals surface area (Å²) in [5, 5.41) is 1.48. The van der Waals surface area contributed by atoms with Crippen LogP contribution in [0, 0.1) is 0 Å². The molecule has 132 valence electrons. The number of nitrogens with zero attached hydrogens (tertiary/aromatic N) is 1. The lowest BCUT2D eigenvalue weighted by atomic mass is 9.92. The molecule has 0 atom stereocenters. The highest BCUT2D eigenvalue weighted by molar-refractivity contribution is 5.48. The van der Waals surface area contributed by atoms with E-state index in [1.165, 1.54) is 5.06 Å². The minimum atomic E-state index is -1.47. The molecule has 3 nitrogen and oxygen atoms in total. The topological polar surface area (TPSA) is 21.7 Å². The molecule has 4 heteroatoms. The molecule has 0 bridgehead atoms. The second-order valence-electron chi connectivity index (χ2n) is 6.92. The lowest BCUT2D eigenvalue weighted by Gasteiger charge is -2.40. The Morgan fingerprint density at radius 1 is 0.960 bits per heavy atom. The second kappa shape index (κ2) is 6.95. The van der Waals surface area contributed by atoms with Crippen molar-refractivity contribution in [3.63, 3.8) is 0 Å². The number of hydrogen-bond donors (Lipinski definition) is 0. The van der Waals surface area contributed by atoms with Crippen LogP contribution in [0.3, 0.4) is 0 Å². The minimum absolute atomic E-state index is 0.496. The van der Waals surface area contributed by atoms with E-state index in [0.717, 1.165) is 55.7 Å². The molecule has 0 spiro atoms. The third-order valence-electron chi connectivity index (χ3n) is 5.05. The summed E-state index contributed by atoms with van der Waals surface area (Å²) in [6.45, 7) is 0.761. The van der Waals surface area contributed by atoms with Gasteiger partial charge in [0, 0.05) is 12.8 Å². The Morgan fingerprint density at radius 2 is 1.76 bits per heavy atom. The van der Waals surface area contributed by atoms with Gasteiger partial charge in [-0.25, -0.2) is 4.39 Å². The summed E-state index contributed by atoms with van der Waals surface area (Å²) >= 11 is 0. The third kappa shape index (κ3) is 3.44. The van der Waals surface area contributed by atoms with Crippen LogP contribution in [0.25, 0.3) is 0 Å². The van der Waals surface area contributed by atoms with E-state index in [0.29, 0.717) is 18.6 Å². The summed E-state index contributed by atoms with van der Waals surface area (Å²) in [6.07, 6.45) is 5.84. The van der Waals surface area contributed by atoms with Gasteiger partial charge in [-0.05, 0) is 61.6 Å². The number of anilines is 1. The number of hydroxylamine groups is 1. The van der Waals surface area contributed by atoms with E-state index in [1.54, 1.807) is 0 Å². The molecule has 0 radical (unpaired) electrons. The normalized spacial score (nSPS) is 18.8. The lowest BCUT2D eigenvalue weighted by Crippen LogP contribution is -2.49.